The first-order valence-corrected chi connectivity index (χ1v) is 15.5. The number of rotatable bonds is 9. The maximum Gasteiger partial charge on any atom is 0.334 e. The number of hydrazine groups is 1. The van der Waals surface area contributed by atoms with Gasteiger partial charge in [0, 0.05) is 45.3 Å². The zero-order valence-corrected chi connectivity index (χ0v) is 26.1. The Hall–Kier alpha value is -4.15. The second-order valence-electron chi connectivity index (χ2n) is 12.0. The van der Waals surface area contributed by atoms with Crippen molar-refractivity contribution in [2.24, 2.45) is 0 Å². The van der Waals surface area contributed by atoms with Crippen molar-refractivity contribution in [1.82, 2.24) is 25.1 Å². The van der Waals surface area contributed by atoms with E-state index in [0.717, 1.165) is 35.5 Å². The van der Waals surface area contributed by atoms with Crippen LogP contribution in [0.2, 0.25) is 0 Å². The number of urea groups is 1. The van der Waals surface area contributed by atoms with E-state index in [2.05, 4.69) is 36.2 Å². The van der Waals surface area contributed by atoms with Gasteiger partial charge in [0.1, 0.15) is 12.2 Å². The third kappa shape index (κ3) is 6.81. The molecule has 1 unspecified atom stereocenters. The molecule has 44 heavy (non-hydrogen) atoms. The Labute approximate surface area is 260 Å². The van der Waals surface area contributed by atoms with Crippen molar-refractivity contribution in [3.05, 3.63) is 89.5 Å². The van der Waals surface area contributed by atoms with E-state index in [1.807, 2.05) is 54.6 Å². The van der Waals surface area contributed by atoms with E-state index in [1.165, 1.54) is 0 Å². The van der Waals surface area contributed by atoms with Crippen LogP contribution in [0.25, 0.3) is 0 Å². The summed E-state index contributed by atoms with van der Waals surface area (Å²) in [5.41, 5.74) is 2.98. The molecule has 2 heterocycles. The lowest BCUT2D eigenvalue weighted by molar-refractivity contribution is -0.187. The average molecular weight is 601 g/mol. The first kappa shape index (κ1) is 31.3. The topological polar surface area (TPSA) is 99.7 Å². The van der Waals surface area contributed by atoms with Gasteiger partial charge in [-0.25, -0.2) is 14.8 Å². The Bertz CT molecular complexity index is 1420. The fraction of sp³-hybridized carbons (Fsp3) is 0.441. The second kappa shape index (κ2) is 13.2. The van der Waals surface area contributed by atoms with Crippen LogP contribution in [0, 0.1) is 0 Å². The number of nitrogens with zero attached hydrogens (tertiary/aromatic N) is 5. The maximum absolute atomic E-state index is 14.2. The third-order valence-electron chi connectivity index (χ3n) is 8.71. The molecule has 2 aromatic rings. The predicted molar refractivity (Wildman–Crippen MR) is 170 cm³/mol. The number of piperazine rings is 1. The molecule has 10 heteroatoms. The lowest BCUT2D eigenvalue weighted by atomic mass is 9.90. The molecule has 3 atom stereocenters. The monoisotopic (exact) mass is 600 g/mol. The molecule has 0 radical (unpaired) electrons. The van der Waals surface area contributed by atoms with Gasteiger partial charge in [-0.3, -0.25) is 9.59 Å². The Balaban J connectivity index is 1.45. The van der Waals surface area contributed by atoms with Gasteiger partial charge in [-0.05, 0) is 56.0 Å². The van der Waals surface area contributed by atoms with Crippen LogP contribution in [-0.4, -0.2) is 93.8 Å². The molecular weight excluding hydrogens is 556 g/mol. The smallest absolute Gasteiger partial charge is 0.334 e. The molecule has 10 nitrogen and oxygen atoms in total. The maximum atomic E-state index is 14.2. The molecule has 2 aliphatic heterocycles. The summed E-state index contributed by atoms with van der Waals surface area (Å²) in [6.07, 6.45) is 5.55. The van der Waals surface area contributed by atoms with Crippen molar-refractivity contribution in [3.8, 4) is 0 Å². The van der Waals surface area contributed by atoms with Crippen molar-refractivity contribution in [3.63, 3.8) is 0 Å². The van der Waals surface area contributed by atoms with Crippen LogP contribution in [0.1, 0.15) is 44.7 Å². The molecule has 0 spiro atoms. The highest BCUT2D eigenvalue weighted by Gasteiger charge is 2.50. The summed E-state index contributed by atoms with van der Waals surface area (Å²) in [6.45, 7) is 8.58. The number of carbonyl (C=O) groups is 3. The number of amides is 4. The van der Waals surface area contributed by atoms with E-state index >= 15 is 0 Å². The number of hydrogen-bond acceptors (Lipinski definition) is 6. The summed E-state index contributed by atoms with van der Waals surface area (Å²) in [5.74, 6) is -0.345. The van der Waals surface area contributed by atoms with E-state index in [-0.39, 0.29) is 30.9 Å². The second-order valence-corrected chi connectivity index (χ2v) is 12.0. The lowest BCUT2D eigenvalue weighted by Gasteiger charge is -2.54. The van der Waals surface area contributed by atoms with Crippen LogP contribution < -0.4 is 10.2 Å². The zero-order valence-electron chi connectivity index (χ0n) is 26.1. The number of nitrogens with one attached hydrogen (secondary N) is 1. The van der Waals surface area contributed by atoms with Gasteiger partial charge in [0.15, 0.2) is 0 Å². The zero-order chi connectivity index (χ0) is 31.4. The first-order chi connectivity index (χ1) is 21.1. The Morgan fingerprint density at radius 2 is 1.80 bits per heavy atom. The standard InChI is InChI=1S/C34H44N6O4/c1-5-37(6-2)28-14-10-13-27(19-28)22-38-23-30-39(29(32(38)42)20-25-15-17-34(3,44)18-16-25)31(41)24-36(4)40(30)33(43)35-21-26-11-8-7-9-12-26/h7-17,19,29-30,44H,5-6,18,20-24H2,1-4H3,(H,35,43)/t29-,30-,34?/m0/s1. The van der Waals surface area contributed by atoms with Gasteiger partial charge in [-0.2, -0.15) is 0 Å². The van der Waals surface area contributed by atoms with E-state index in [9.17, 15) is 19.5 Å². The van der Waals surface area contributed by atoms with Crippen molar-refractivity contribution in [1.29, 1.82) is 0 Å². The van der Waals surface area contributed by atoms with Crippen molar-refractivity contribution in [2.75, 3.05) is 38.1 Å². The number of carbonyl (C=O) groups excluding carboxylic acids is 3. The van der Waals surface area contributed by atoms with Crippen LogP contribution in [0.5, 0.6) is 0 Å². The van der Waals surface area contributed by atoms with Crippen LogP contribution in [0.4, 0.5) is 10.5 Å². The van der Waals surface area contributed by atoms with Gasteiger partial charge < -0.3 is 25.1 Å². The van der Waals surface area contributed by atoms with Gasteiger partial charge in [0.05, 0.1) is 18.7 Å². The van der Waals surface area contributed by atoms with Crippen LogP contribution >= 0.6 is 0 Å². The average Bonchev–Trinajstić information content (AvgIpc) is 3.00. The molecule has 2 fully saturated rings. The van der Waals surface area contributed by atoms with E-state index in [0.29, 0.717) is 25.9 Å². The Kier molecular flexibility index (Phi) is 9.41. The molecule has 2 aromatic carbocycles. The number of anilines is 1. The van der Waals surface area contributed by atoms with Gasteiger partial charge in [0.2, 0.25) is 11.8 Å². The summed E-state index contributed by atoms with van der Waals surface area (Å²) < 4.78 is 0. The summed E-state index contributed by atoms with van der Waals surface area (Å²) in [5, 5.41) is 16.6. The quantitative estimate of drug-likeness (QED) is 0.457. The SMILES string of the molecule is CCN(CC)c1cccc(CN2C[C@H]3N(C(=O)CN(C)N3C(=O)NCc3ccccc3)[C@@H](CC3=CCC(C)(O)C=C3)C2=O)c1. The highest BCUT2D eigenvalue weighted by Crippen LogP contribution is 2.32. The molecule has 1 aliphatic carbocycles. The molecule has 5 rings (SSSR count). The number of hydrogen-bond donors (Lipinski definition) is 2. The lowest BCUT2D eigenvalue weighted by Crippen LogP contribution is -2.75. The third-order valence-corrected chi connectivity index (χ3v) is 8.71. The molecule has 234 valence electrons. The summed E-state index contributed by atoms with van der Waals surface area (Å²) in [4.78, 5) is 47.2. The normalized spacial score (nSPS) is 23.8. The van der Waals surface area contributed by atoms with Gasteiger partial charge >= 0.3 is 6.03 Å². The van der Waals surface area contributed by atoms with Crippen LogP contribution in [0.15, 0.2) is 78.4 Å². The minimum Gasteiger partial charge on any atom is -0.386 e. The molecule has 4 amide bonds. The van der Waals surface area contributed by atoms with E-state index in [1.54, 1.807) is 39.9 Å². The molecular formula is C34H44N6O4. The highest BCUT2D eigenvalue weighted by molar-refractivity contribution is 5.91. The van der Waals surface area contributed by atoms with Crippen molar-refractivity contribution < 1.29 is 19.5 Å². The van der Waals surface area contributed by atoms with Gasteiger partial charge in [-0.1, -0.05) is 60.7 Å². The van der Waals surface area contributed by atoms with E-state index in [4.69, 9.17) is 0 Å². The fourth-order valence-electron chi connectivity index (χ4n) is 6.30. The predicted octanol–water partition coefficient (Wildman–Crippen LogP) is 3.50. The summed E-state index contributed by atoms with van der Waals surface area (Å²) >= 11 is 0. The number of allylic oxidation sites excluding steroid dienone is 1. The molecule has 0 saturated carbocycles. The Morgan fingerprint density at radius 3 is 2.48 bits per heavy atom. The van der Waals surface area contributed by atoms with Gasteiger partial charge in [-0.15, -0.1) is 0 Å². The minimum absolute atomic E-state index is 0.0193. The number of aliphatic hydroxyl groups is 1. The molecule has 0 aromatic heterocycles. The van der Waals surface area contributed by atoms with Crippen LogP contribution in [-0.2, 0) is 22.7 Å². The summed E-state index contributed by atoms with van der Waals surface area (Å²) in [6, 6.07) is 16.8. The first-order valence-electron chi connectivity index (χ1n) is 15.5. The molecule has 2 N–H and O–H groups in total. The largest absolute Gasteiger partial charge is 0.386 e. The summed E-state index contributed by atoms with van der Waals surface area (Å²) in [7, 11) is 1.73. The number of fused-ring (bicyclic) bond motifs is 1. The van der Waals surface area contributed by atoms with Crippen molar-refractivity contribution in [2.45, 2.75) is 64.5 Å². The molecule has 0 bridgehead atoms. The molecule has 2 saturated heterocycles. The van der Waals surface area contributed by atoms with Gasteiger partial charge in [0.25, 0.3) is 0 Å². The van der Waals surface area contributed by atoms with E-state index < -0.39 is 17.8 Å². The molecule has 3 aliphatic rings. The van der Waals surface area contributed by atoms with Crippen LogP contribution in [0.3, 0.4) is 0 Å². The Morgan fingerprint density at radius 1 is 1.07 bits per heavy atom. The number of likely N-dealkylation sites (N-methyl/N-ethyl adjacent to an activating group) is 1. The highest BCUT2D eigenvalue weighted by atomic mass is 16.3. The number of benzene rings is 2. The minimum atomic E-state index is -0.943. The fourth-order valence-corrected chi connectivity index (χ4v) is 6.30. The van der Waals surface area contributed by atoms with Crippen molar-refractivity contribution >= 4 is 23.5 Å².